The number of thiophene rings is 1. The van der Waals surface area contributed by atoms with Crippen LogP contribution in [0.3, 0.4) is 0 Å². The number of carbonyl (C=O) groups excluding carboxylic acids is 1. The third-order valence-electron chi connectivity index (χ3n) is 2.65. The molecule has 0 radical (unpaired) electrons. The minimum absolute atomic E-state index is 0.115. The maximum absolute atomic E-state index is 11.8. The number of hydrogen-bond donors (Lipinski definition) is 2. The number of amides is 1. The van der Waals surface area contributed by atoms with Gasteiger partial charge in [0, 0.05) is 6.20 Å². The van der Waals surface area contributed by atoms with E-state index in [1.807, 2.05) is 0 Å². The Kier molecular flexibility index (Phi) is 4.41. The lowest BCUT2D eigenvalue weighted by Gasteiger charge is -2.04. The minimum Gasteiger partial charge on any atom is -0.310 e. The molecule has 0 aliphatic heterocycles. The summed E-state index contributed by atoms with van der Waals surface area (Å²) in [7, 11) is 0. The predicted molar refractivity (Wildman–Crippen MR) is 88.8 cm³/mol. The molecule has 0 fully saturated rings. The van der Waals surface area contributed by atoms with Crippen LogP contribution in [0.4, 0.5) is 5.82 Å². The number of nitrogens with zero attached hydrogens (tertiary/aromatic N) is 2. The van der Waals surface area contributed by atoms with Crippen molar-refractivity contribution >= 4 is 56.6 Å². The van der Waals surface area contributed by atoms with Crippen molar-refractivity contribution < 1.29 is 4.79 Å². The van der Waals surface area contributed by atoms with Gasteiger partial charge in [0.05, 0.1) is 16.2 Å². The van der Waals surface area contributed by atoms with Gasteiger partial charge in [-0.3, -0.25) is 9.59 Å². The molecule has 3 heterocycles. The highest BCUT2D eigenvalue weighted by molar-refractivity contribution is 7.99. The van der Waals surface area contributed by atoms with Gasteiger partial charge in [-0.2, -0.15) is 0 Å². The molecule has 0 saturated carbocycles. The van der Waals surface area contributed by atoms with E-state index in [9.17, 15) is 9.59 Å². The van der Waals surface area contributed by atoms with Crippen LogP contribution in [0, 0.1) is 0 Å². The molecule has 3 aromatic rings. The van der Waals surface area contributed by atoms with Gasteiger partial charge in [0.1, 0.15) is 10.6 Å². The number of pyridine rings is 1. The minimum atomic E-state index is -0.242. The van der Waals surface area contributed by atoms with E-state index in [-0.39, 0.29) is 17.2 Å². The Labute approximate surface area is 137 Å². The Morgan fingerprint density at radius 2 is 2.27 bits per heavy atom. The van der Waals surface area contributed by atoms with E-state index in [1.165, 1.54) is 17.5 Å². The van der Waals surface area contributed by atoms with E-state index < -0.39 is 0 Å². The molecule has 0 bridgehead atoms. The molecule has 112 valence electrons. The summed E-state index contributed by atoms with van der Waals surface area (Å²) in [6.07, 6.45) is 1.45. The van der Waals surface area contributed by atoms with Crippen LogP contribution in [0.25, 0.3) is 10.2 Å². The third kappa shape index (κ3) is 3.46. The van der Waals surface area contributed by atoms with Crippen LogP contribution < -0.4 is 10.9 Å². The zero-order valence-electron chi connectivity index (χ0n) is 11.0. The smallest absolute Gasteiger partial charge is 0.260 e. The maximum Gasteiger partial charge on any atom is 0.260 e. The highest BCUT2D eigenvalue weighted by Crippen LogP contribution is 2.19. The second-order valence-electron chi connectivity index (χ2n) is 4.21. The van der Waals surface area contributed by atoms with Crippen molar-refractivity contribution in [1.29, 1.82) is 0 Å². The molecule has 0 aliphatic rings. The zero-order valence-corrected chi connectivity index (χ0v) is 13.4. The number of rotatable bonds is 4. The lowest BCUT2D eigenvalue weighted by Crippen LogP contribution is -2.16. The van der Waals surface area contributed by atoms with Crippen molar-refractivity contribution in [1.82, 2.24) is 15.0 Å². The summed E-state index contributed by atoms with van der Waals surface area (Å²) in [5, 5.41) is 5.92. The number of fused-ring (bicyclic) bond motifs is 1. The van der Waals surface area contributed by atoms with Crippen molar-refractivity contribution in [2.75, 3.05) is 11.1 Å². The Morgan fingerprint density at radius 1 is 1.41 bits per heavy atom. The molecule has 2 N–H and O–H groups in total. The van der Waals surface area contributed by atoms with Crippen LogP contribution in [0.1, 0.15) is 0 Å². The monoisotopic (exact) mass is 352 g/mol. The number of halogens is 1. The summed E-state index contributed by atoms with van der Waals surface area (Å²) < 4.78 is 0. The van der Waals surface area contributed by atoms with E-state index in [1.54, 1.807) is 23.6 Å². The fraction of sp³-hybridized carbons (Fsp3) is 0.0769. The molecular formula is C13H9ClN4O2S2. The average molecular weight is 353 g/mol. The normalized spacial score (nSPS) is 10.8. The fourth-order valence-electron chi connectivity index (χ4n) is 1.68. The average Bonchev–Trinajstić information content (AvgIpc) is 2.97. The second-order valence-corrected chi connectivity index (χ2v) is 6.50. The Morgan fingerprint density at radius 3 is 3.05 bits per heavy atom. The van der Waals surface area contributed by atoms with Crippen LogP contribution in [0.5, 0.6) is 0 Å². The highest BCUT2D eigenvalue weighted by atomic mass is 35.5. The lowest BCUT2D eigenvalue weighted by atomic mass is 10.4. The fourth-order valence-corrected chi connectivity index (χ4v) is 3.27. The van der Waals surface area contributed by atoms with Gasteiger partial charge in [0.15, 0.2) is 5.16 Å². The topological polar surface area (TPSA) is 87.7 Å². The molecule has 0 spiro atoms. The summed E-state index contributed by atoms with van der Waals surface area (Å²) >= 11 is 8.27. The van der Waals surface area contributed by atoms with E-state index in [0.29, 0.717) is 26.2 Å². The van der Waals surface area contributed by atoms with Crippen LogP contribution in [-0.2, 0) is 4.79 Å². The number of nitrogens with one attached hydrogen (secondary N) is 2. The summed E-state index contributed by atoms with van der Waals surface area (Å²) in [4.78, 5) is 35.2. The van der Waals surface area contributed by atoms with Crippen LogP contribution in [0.15, 0.2) is 39.7 Å². The van der Waals surface area contributed by atoms with Gasteiger partial charge >= 0.3 is 0 Å². The van der Waals surface area contributed by atoms with E-state index >= 15 is 0 Å². The molecule has 6 nitrogen and oxygen atoms in total. The number of aromatic amines is 1. The highest BCUT2D eigenvalue weighted by Gasteiger charge is 2.09. The van der Waals surface area contributed by atoms with Gasteiger partial charge < -0.3 is 10.3 Å². The van der Waals surface area contributed by atoms with Gasteiger partial charge in [0.2, 0.25) is 5.91 Å². The molecular weight excluding hydrogens is 344 g/mol. The van der Waals surface area contributed by atoms with Gasteiger partial charge in [-0.15, -0.1) is 11.3 Å². The first-order valence-electron chi connectivity index (χ1n) is 6.13. The Hall–Kier alpha value is -1.90. The quantitative estimate of drug-likeness (QED) is 0.557. The van der Waals surface area contributed by atoms with E-state index in [2.05, 4.69) is 20.3 Å². The first kappa shape index (κ1) is 15.0. The number of carbonyl (C=O) groups is 1. The molecule has 0 aliphatic carbocycles. The Bertz CT molecular complexity index is 876. The maximum atomic E-state index is 11.8. The predicted octanol–water partition coefficient (Wildman–Crippen LogP) is 2.76. The van der Waals surface area contributed by atoms with Crippen molar-refractivity contribution in [2.45, 2.75) is 5.16 Å². The molecule has 1 amide bonds. The van der Waals surface area contributed by atoms with Gasteiger partial charge in [0.25, 0.3) is 5.56 Å². The van der Waals surface area contributed by atoms with Crippen molar-refractivity contribution in [2.24, 2.45) is 0 Å². The second kappa shape index (κ2) is 6.47. The van der Waals surface area contributed by atoms with Crippen molar-refractivity contribution in [3.05, 3.63) is 45.2 Å². The summed E-state index contributed by atoms with van der Waals surface area (Å²) in [6.45, 7) is 0. The molecule has 3 rings (SSSR count). The van der Waals surface area contributed by atoms with E-state index in [4.69, 9.17) is 11.6 Å². The van der Waals surface area contributed by atoms with Gasteiger partial charge in [-0.05, 0) is 23.6 Å². The summed E-state index contributed by atoms with van der Waals surface area (Å²) in [5.41, 5.74) is -0.200. The molecule has 0 atom stereocenters. The first-order valence-corrected chi connectivity index (χ1v) is 8.38. The number of anilines is 1. The number of thioether (sulfide) groups is 1. The SMILES string of the molecule is O=C(CSc1nc2sccc2c(=O)[nH]1)Nc1ccc(Cl)cn1. The molecule has 0 unspecified atom stereocenters. The lowest BCUT2D eigenvalue weighted by molar-refractivity contribution is -0.113. The number of aromatic nitrogens is 3. The van der Waals surface area contributed by atoms with Crippen molar-refractivity contribution in [3.8, 4) is 0 Å². The Balaban J connectivity index is 1.64. The molecule has 0 aromatic carbocycles. The standard InChI is InChI=1S/C13H9ClN4O2S2/c14-7-1-2-9(15-5-7)16-10(19)6-22-13-17-11(20)8-3-4-21-12(8)18-13/h1-5H,6H2,(H,15,16,19)(H,17,18,20). The first-order chi connectivity index (χ1) is 10.6. The zero-order chi connectivity index (χ0) is 15.5. The number of hydrogen-bond acceptors (Lipinski definition) is 6. The van der Waals surface area contributed by atoms with Crippen LogP contribution in [-0.4, -0.2) is 26.6 Å². The molecule has 9 heteroatoms. The molecule has 3 aromatic heterocycles. The summed E-state index contributed by atoms with van der Waals surface area (Å²) in [6, 6.07) is 4.98. The van der Waals surface area contributed by atoms with E-state index in [0.717, 1.165) is 11.8 Å². The number of H-pyrrole nitrogens is 1. The van der Waals surface area contributed by atoms with Crippen molar-refractivity contribution in [3.63, 3.8) is 0 Å². The van der Waals surface area contributed by atoms with Gasteiger partial charge in [-0.1, -0.05) is 23.4 Å². The largest absolute Gasteiger partial charge is 0.310 e. The van der Waals surface area contributed by atoms with Crippen LogP contribution >= 0.6 is 34.7 Å². The van der Waals surface area contributed by atoms with Crippen LogP contribution in [0.2, 0.25) is 5.02 Å². The molecule has 22 heavy (non-hydrogen) atoms. The molecule has 0 saturated heterocycles. The summed E-state index contributed by atoms with van der Waals surface area (Å²) in [5.74, 6) is 0.295. The third-order valence-corrected chi connectivity index (χ3v) is 4.55. The van der Waals surface area contributed by atoms with Gasteiger partial charge in [-0.25, -0.2) is 9.97 Å².